The van der Waals surface area contributed by atoms with E-state index >= 15 is 0 Å². The maximum atomic E-state index is 11.5. The van der Waals surface area contributed by atoms with Crippen LogP contribution in [-0.2, 0) is 0 Å². The Hall–Kier alpha value is -1.48. The molecular weight excluding hydrogens is 252 g/mol. The van der Waals surface area contributed by atoms with Crippen molar-refractivity contribution in [2.24, 2.45) is 0 Å². The Morgan fingerprint density at radius 1 is 1.39 bits per heavy atom. The standard InChI is InChI=1S/C14H15ClO3/c1-3-4-7-17-10-5-6-11-9(2)13(15)14(16)18-12(11)8-10/h5-6,8H,3-4,7H2,1-2H3. The number of fused-ring (bicyclic) bond motifs is 1. The summed E-state index contributed by atoms with van der Waals surface area (Å²) < 4.78 is 10.7. The maximum absolute atomic E-state index is 11.5. The summed E-state index contributed by atoms with van der Waals surface area (Å²) in [5.74, 6) is 0.709. The van der Waals surface area contributed by atoms with E-state index in [2.05, 4.69) is 6.92 Å². The largest absolute Gasteiger partial charge is 0.493 e. The molecule has 0 saturated heterocycles. The average molecular weight is 267 g/mol. The maximum Gasteiger partial charge on any atom is 0.355 e. The van der Waals surface area contributed by atoms with Gasteiger partial charge >= 0.3 is 5.63 Å². The highest BCUT2D eigenvalue weighted by Crippen LogP contribution is 2.25. The average Bonchev–Trinajstić information content (AvgIpc) is 2.36. The Morgan fingerprint density at radius 3 is 2.89 bits per heavy atom. The van der Waals surface area contributed by atoms with Crippen molar-refractivity contribution >= 4 is 22.6 Å². The van der Waals surface area contributed by atoms with E-state index in [-0.39, 0.29) is 5.02 Å². The second kappa shape index (κ2) is 5.44. The number of rotatable bonds is 4. The van der Waals surface area contributed by atoms with Gasteiger partial charge in [-0.15, -0.1) is 0 Å². The Kier molecular flexibility index (Phi) is 3.92. The molecule has 0 aliphatic rings. The number of hydrogen-bond acceptors (Lipinski definition) is 3. The van der Waals surface area contributed by atoms with E-state index in [0.717, 1.165) is 23.8 Å². The van der Waals surface area contributed by atoms with Crippen molar-refractivity contribution in [3.8, 4) is 5.75 Å². The molecule has 0 fully saturated rings. The number of ether oxygens (including phenoxy) is 1. The highest BCUT2D eigenvalue weighted by Gasteiger charge is 2.09. The van der Waals surface area contributed by atoms with Crippen molar-refractivity contribution in [2.75, 3.05) is 6.61 Å². The number of benzene rings is 1. The molecule has 4 heteroatoms. The minimum atomic E-state index is -0.507. The van der Waals surface area contributed by atoms with Gasteiger partial charge in [0.15, 0.2) is 0 Å². The van der Waals surface area contributed by atoms with E-state index in [1.54, 1.807) is 13.0 Å². The van der Waals surface area contributed by atoms with E-state index in [1.807, 2.05) is 12.1 Å². The zero-order valence-corrected chi connectivity index (χ0v) is 11.2. The molecule has 1 aromatic heterocycles. The van der Waals surface area contributed by atoms with Crippen LogP contribution >= 0.6 is 11.6 Å². The van der Waals surface area contributed by atoms with Gasteiger partial charge in [0, 0.05) is 11.5 Å². The number of unbranched alkanes of at least 4 members (excludes halogenated alkanes) is 1. The van der Waals surface area contributed by atoms with Gasteiger partial charge in [-0.3, -0.25) is 0 Å². The summed E-state index contributed by atoms with van der Waals surface area (Å²) >= 11 is 5.86. The van der Waals surface area contributed by atoms with Crippen LogP contribution in [-0.4, -0.2) is 6.61 Å². The quantitative estimate of drug-likeness (QED) is 0.622. The summed E-state index contributed by atoms with van der Waals surface area (Å²) in [6, 6.07) is 5.46. The van der Waals surface area contributed by atoms with Crippen molar-refractivity contribution in [3.05, 3.63) is 39.2 Å². The van der Waals surface area contributed by atoms with Gasteiger partial charge in [0.25, 0.3) is 0 Å². The molecule has 0 N–H and O–H groups in total. The van der Waals surface area contributed by atoms with Crippen LogP contribution in [0.2, 0.25) is 5.02 Å². The third-order valence-electron chi connectivity index (χ3n) is 2.83. The summed E-state index contributed by atoms with van der Waals surface area (Å²) in [6.07, 6.45) is 2.08. The van der Waals surface area contributed by atoms with Crippen LogP contribution in [0.25, 0.3) is 11.0 Å². The molecule has 18 heavy (non-hydrogen) atoms. The van der Waals surface area contributed by atoms with Crippen LogP contribution in [0.15, 0.2) is 27.4 Å². The third-order valence-corrected chi connectivity index (χ3v) is 3.27. The lowest BCUT2D eigenvalue weighted by molar-refractivity contribution is 0.309. The van der Waals surface area contributed by atoms with Crippen LogP contribution in [0.4, 0.5) is 0 Å². The molecule has 2 aromatic rings. The number of hydrogen-bond donors (Lipinski definition) is 0. The van der Waals surface area contributed by atoms with Crippen LogP contribution in [0.1, 0.15) is 25.3 Å². The SMILES string of the molecule is CCCCOc1ccc2c(C)c(Cl)c(=O)oc2c1. The second-order valence-corrected chi connectivity index (χ2v) is 4.57. The van der Waals surface area contributed by atoms with E-state index in [4.69, 9.17) is 20.8 Å². The van der Waals surface area contributed by atoms with Gasteiger partial charge in [0.1, 0.15) is 16.4 Å². The molecule has 0 spiro atoms. The molecule has 0 amide bonds. The summed E-state index contributed by atoms with van der Waals surface area (Å²) in [4.78, 5) is 11.5. The molecule has 0 aliphatic heterocycles. The van der Waals surface area contributed by atoms with E-state index in [1.165, 1.54) is 0 Å². The lowest BCUT2D eigenvalue weighted by atomic mass is 10.1. The Balaban J connectivity index is 2.40. The minimum absolute atomic E-state index is 0.141. The molecule has 1 heterocycles. The van der Waals surface area contributed by atoms with Crippen LogP contribution < -0.4 is 10.4 Å². The fourth-order valence-corrected chi connectivity index (χ4v) is 1.88. The van der Waals surface area contributed by atoms with Gasteiger partial charge in [0.05, 0.1) is 6.61 Å². The molecule has 1 aromatic carbocycles. The normalized spacial score (nSPS) is 10.8. The van der Waals surface area contributed by atoms with E-state index in [0.29, 0.717) is 17.9 Å². The predicted octanol–water partition coefficient (Wildman–Crippen LogP) is 3.93. The lowest BCUT2D eigenvalue weighted by Gasteiger charge is -2.07. The monoisotopic (exact) mass is 266 g/mol. The Bertz CT molecular complexity index is 616. The molecule has 0 radical (unpaired) electrons. The zero-order valence-electron chi connectivity index (χ0n) is 10.5. The molecule has 0 bridgehead atoms. The van der Waals surface area contributed by atoms with Gasteiger partial charge < -0.3 is 9.15 Å². The van der Waals surface area contributed by atoms with Crippen LogP contribution in [0.5, 0.6) is 5.75 Å². The summed E-state index contributed by atoms with van der Waals surface area (Å²) in [5.41, 5.74) is 0.742. The first kappa shape index (κ1) is 13.0. The first-order valence-corrected chi connectivity index (χ1v) is 6.37. The number of aryl methyl sites for hydroxylation is 1. The molecule has 0 unspecified atom stereocenters. The molecular formula is C14H15ClO3. The molecule has 96 valence electrons. The minimum Gasteiger partial charge on any atom is -0.493 e. The molecule has 0 atom stereocenters. The second-order valence-electron chi connectivity index (χ2n) is 4.19. The molecule has 2 rings (SSSR count). The summed E-state index contributed by atoms with van der Waals surface area (Å²) in [5, 5.41) is 0.976. The van der Waals surface area contributed by atoms with E-state index in [9.17, 15) is 4.79 Å². The van der Waals surface area contributed by atoms with Crippen LogP contribution in [0.3, 0.4) is 0 Å². The predicted molar refractivity (Wildman–Crippen MR) is 72.6 cm³/mol. The molecule has 3 nitrogen and oxygen atoms in total. The van der Waals surface area contributed by atoms with Crippen molar-refractivity contribution in [2.45, 2.75) is 26.7 Å². The van der Waals surface area contributed by atoms with Crippen molar-refractivity contribution in [1.29, 1.82) is 0 Å². The first-order valence-electron chi connectivity index (χ1n) is 5.99. The fraction of sp³-hybridized carbons (Fsp3) is 0.357. The highest BCUT2D eigenvalue weighted by molar-refractivity contribution is 6.31. The zero-order chi connectivity index (χ0) is 13.1. The molecule has 0 aliphatic carbocycles. The summed E-state index contributed by atoms with van der Waals surface area (Å²) in [6.45, 7) is 4.58. The lowest BCUT2D eigenvalue weighted by Crippen LogP contribution is -2.02. The van der Waals surface area contributed by atoms with Gasteiger partial charge in [-0.25, -0.2) is 4.79 Å². The smallest absolute Gasteiger partial charge is 0.355 e. The van der Waals surface area contributed by atoms with Crippen molar-refractivity contribution < 1.29 is 9.15 Å². The fourth-order valence-electron chi connectivity index (χ4n) is 1.74. The van der Waals surface area contributed by atoms with Gasteiger partial charge in [-0.05, 0) is 31.0 Å². The van der Waals surface area contributed by atoms with E-state index < -0.39 is 5.63 Å². The topological polar surface area (TPSA) is 39.4 Å². The van der Waals surface area contributed by atoms with Gasteiger partial charge in [-0.2, -0.15) is 0 Å². The third kappa shape index (κ3) is 2.51. The van der Waals surface area contributed by atoms with Gasteiger partial charge in [-0.1, -0.05) is 24.9 Å². The van der Waals surface area contributed by atoms with Gasteiger partial charge in [0.2, 0.25) is 0 Å². The van der Waals surface area contributed by atoms with Crippen LogP contribution in [0, 0.1) is 6.92 Å². The Morgan fingerprint density at radius 2 is 2.17 bits per heavy atom. The van der Waals surface area contributed by atoms with Crippen molar-refractivity contribution in [1.82, 2.24) is 0 Å². The van der Waals surface area contributed by atoms with Crippen molar-refractivity contribution in [3.63, 3.8) is 0 Å². The molecule has 0 saturated carbocycles. The first-order chi connectivity index (χ1) is 8.63. The highest BCUT2D eigenvalue weighted by atomic mass is 35.5. The summed E-state index contributed by atoms with van der Waals surface area (Å²) in [7, 11) is 0. The Labute approximate surface area is 110 Å². The number of halogens is 1.